The van der Waals surface area contributed by atoms with Crippen molar-refractivity contribution in [3.05, 3.63) is 107 Å². The van der Waals surface area contributed by atoms with Gasteiger partial charge in [0, 0.05) is 23.0 Å². The van der Waals surface area contributed by atoms with Gasteiger partial charge in [-0.05, 0) is 22.3 Å². The van der Waals surface area contributed by atoms with Crippen LogP contribution in [0.1, 0.15) is 22.3 Å². The maximum absolute atomic E-state index is 2.27. The van der Waals surface area contributed by atoms with E-state index >= 15 is 0 Å². The molecule has 24 heavy (non-hydrogen) atoms. The molecule has 0 amide bonds. The summed E-state index contributed by atoms with van der Waals surface area (Å²) >= 11 is 3.99. The highest BCUT2D eigenvalue weighted by molar-refractivity contribution is 7.98. The Morgan fingerprint density at radius 1 is 0.417 bits per heavy atom. The van der Waals surface area contributed by atoms with Crippen LogP contribution in [0.5, 0.6) is 0 Å². The first-order valence-electron chi connectivity index (χ1n) is 8.22. The van der Waals surface area contributed by atoms with E-state index in [1.807, 2.05) is 23.5 Å². The lowest BCUT2D eigenvalue weighted by Gasteiger charge is -2.09. The highest BCUT2D eigenvalue weighted by Crippen LogP contribution is 2.24. The van der Waals surface area contributed by atoms with Gasteiger partial charge in [0.15, 0.2) is 0 Å². The molecule has 3 aromatic rings. The smallest absolute Gasteiger partial charge is 0.0190 e. The van der Waals surface area contributed by atoms with Gasteiger partial charge in [-0.15, -0.1) is 0 Å². The van der Waals surface area contributed by atoms with Crippen LogP contribution in [0.3, 0.4) is 0 Å². The summed E-state index contributed by atoms with van der Waals surface area (Å²) in [6.45, 7) is 0. The van der Waals surface area contributed by atoms with Crippen molar-refractivity contribution in [2.24, 2.45) is 0 Å². The molecule has 0 nitrogen and oxygen atoms in total. The molecule has 0 spiro atoms. The topological polar surface area (TPSA) is 0 Å². The molecular formula is C22H22S2. The van der Waals surface area contributed by atoms with Crippen LogP contribution >= 0.6 is 23.5 Å². The van der Waals surface area contributed by atoms with Gasteiger partial charge >= 0.3 is 0 Å². The van der Waals surface area contributed by atoms with Crippen LogP contribution in [0, 0.1) is 0 Å². The molecule has 0 radical (unpaired) electrons. The van der Waals surface area contributed by atoms with Crippen LogP contribution in [0.25, 0.3) is 0 Å². The van der Waals surface area contributed by atoms with E-state index in [1.165, 1.54) is 22.3 Å². The third kappa shape index (κ3) is 5.47. The Morgan fingerprint density at radius 3 is 1.21 bits per heavy atom. The molecule has 122 valence electrons. The molecule has 3 aromatic carbocycles. The van der Waals surface area contributed by atoms with E-state index in [1.54, 1.807) is 0 Å². The van der Waals surface area contributed by atoms with Gasteiger partial charge in [0.1, 0.15) is 0 Å². The van der Waals surface area contributed by atoms with Gasteiger partial charge in [-0.3, -0.25) is 0 Å². The quantitative estimate of drug-likeness (QED) is 0.451. The molecule has 0 aliphatic heterocycles. The Morgan fingerprint density at radius 2 is 0.792 bits per heavy atom. The zero-order chi connectivity index (χ0) is 16.5. The van der Waals surface area contributed by atoms with Crippen LogP contribution in [0.4, 0.5) is 0 Å². The molecule has 0 heterocycles. The monoisotopic (exact) mass is 350 g/mol. The average molecular weight is 351 g/mol. The minimum atomic E-state index is 1.08. The zero-order valence-electron chi connectivity index (χ0n) is 13.7. The molecule has 0 saturated heterocycles. The summed E-state index contributed by atoms with van der Waals surface area (Å²) in [6, 6.07) is 30.3. The lowest BCUT2D eigenvalue weighted by molar-refractivity contribution is 1.26. The summed E-state index contributed by atoms with van der Waals surface area (Å²) in [5.41, 5.74) is 5.75. The molecule has 2 heteroatoms. The van der Waals surface area contributed by atoms with Gasteiger partial charge in [0.05, 0.1) is 0 Å². The van der Waals surface area contributed by atoms with Gasteiger partial charge in [0.2, 0.25) is 0 Å². The second-order valence-electron chi connectivity index (χ2n) is 5.73. The van der Waals surface area contributed by atoms with Crippen molar-refractivity contribution in [1.82, 2.24) is 0 Å². The fraction of sp³-hybridized carbons (Fsp3) is 0.182. The zero-order valence-corrected chi connectivity index (χ0v) is 15.4. The van der Waals surface area contributed by atoms with Crippen LogP contribution in [-0.4, -0.2) is 0 Å². The van der Waals surface area contributed by atoms with Crippen molar-refractivity contribution in [3.63, 3.8) is 0 Å². The summed E-state index contributed by atoms with van der Waals surface area (Å²) in [5, 5.41) is 0. The predicted molar refractivity (Wildman–Crippen MR) is 109 cm³/mol. The maximum Gasteiger partial charge on any atom is 0.0190 e. The average Bonchev–Trinajstić information content (AvgIpc) is 2.65. The Labute approximate surface area is 153 Å². The number of thioether (sulfide) groups is 2. The van der Waals surface area contributed by atoms with E-state index in [2.05, 4.69) is 84.9 Å². The number of hydrogen-bond acceptors (Lipinski definition) is 2. The Kier molecular flexibility index (Phi) is 6.88. The first-order valence-corrected chi connectivity index (χ1v) is 10.5. The molecule has 0 atom stereocenters. The molecule has 3 rings (SSSR count). The molecule has 0 unspecified atom stereocenters. The van der Waals surface area contributed by atoms with Crippen LogP contribution in [0.2, 0.25) is 0 Å². The lowest BCUT2D eigenvalue weighted by atomic mass is 10.1. The lowest BCUT2D eigenvalue weighted by Crippen LogP contribution is -1.92. The van der Waals surface area contributed by atoms with Crippen LogP contribution < -0.4 is 0 Å². The predicted octanol–water partition coefficient (Wildman–Crippen LogP) is 6.55. The van der Waals surface area contributed by atoms with E-state index < -0.39 is 0 Å². The van der Waals surface area contributed by atoms with E-state index in [0.717, 1.165) is 23.0 Å². The van der Waals surface area contributed by atoms with Gasteiger partial charge in [-0.1, -0.05) is 84.9 Å². The fourth-order valence-electron chi connectivity index (χ4n) is 2.55. The molecular weight excluding hydrogens is 328 g/mol. The minimum absolute atomic E-state index is 1.08. The van der Waals surface area contributed by atoms with Crippen molar-refractivity contribution < 1.29 is 0 Å². The van der Waals surface area contributed by atoms with Crippen molar-refractivity contribution >= 4 is 23.5 Å². The molecule has 0 aromatic heterocycles. The van der Waals surface area contributed by atoms with E-state index in [4.69, 9.17) is 0 Å². The van der Waals surface area contributed by atoms with Gasteiger partial charge in [-0.2, -0.15) is 23.5 Å². The third-order valence-corrected chi connectivity index (χ3v) is 5.96. The van der Waals surface area contributed by atoms with Crippen molar-refractivity contribution in [3.8, 4) is 0 Å². The van der Waals surface area contributed by atoms with Crippen LogP contribution in [0.15, 0.2) is 84.9 Å². The highest BCUT2D eigenvalue weighted by atomic mass is 32.2. The highest BCUT2D eigenvalue weighted by Gasteiger charge is 2.03. The van der Waals surface area contributed by atoms with Crippen molar-refractivity contribution in [2.45, 2.75) is 23.0 Å². The molecule has 0 fully saturated rings. The Balaban J connectivity index is 1.51. The molecule has 0 aliphatic rings. The SMILES string of the molecule is c1ccc(CSCc2ccccc2CSCc2ccccc2)cc1. The summed E-state index contributed by atoms with van der Waals surface area (Å²) in [4.78, 5) is 0. The summed E-state index contributed by atoms with van der Waals surface area (Å²) < 4.78 is 0. The maximum atomic E-state index is 2.27. The van der Waals surface area contributed by atoms with E-state index in [-0.39, 0.29) is 0 Å². The molecule has 0 saturated carbocycles. The first kappa shape index (κ1) is 17.2. The van der Waals surface area contributed by atoms with Gasteiger partial charge < -0.3 is 0 Å². The normalized spacial score (nSPS) is 10.7. The number of benzene rings is 3. The molecule has 0 aliphatic carbocycles. The van der Waals surface area contributed by atoms with Crippen LogP contribution in [-0.2, 0) is 23.0 Å². The first-order chi connectivity index (χ1) is 11.9. The summed E-state index contributed by atoms with van der Waals surface area (Å²) in [6.07, 6.45) is 0. The van der Waals surface area contributed by atoms with Gasteiger partial charge in [0.25, 0.3) is 0 Å². The standard InChI is InChI=1S/C22H22S2/c1-3-9-19(10-4-1)15-23-17-21-13-7-8-14-22(21)18-24-16-20-11-5-2-6-12-20/h1-14H,15-18H2. The number of rotatable bonds is 8. The summed E-state index contributed by atoms with van der Waals surface area (Å²) in [7, 11) is 0. The summed E-state index contributed by atoms with van der Waals surface area (Å²) in [5.74, 6) is 4.31. The minimum Gasteiger partial charge on any atom is -0.152 e. The van der Waals surface area contributed by atoms with Gasteiger partial charge in [-0.25, -0.2) is 0 Å². The van der Waals surface area contributed by atoms with Crippen molar-refractivity contribution in [2.75, 3.05) is 0 Å². The van der Waals surface area contributed by atoms with E-state index in [9.17, 15) is 0 Å². The Bertz CT molecular complexity index is 659. The van der Waals surface area contributed by atoms with Crippen molar-refractivity contribution in [1.29, 1.82) is 0 Å². The largest absolute Gasteiger partial charge is 0.152 e. The second kappa shape index (κ2) is 9.61. The number of hydrogen-bond donors (Lipinski definition) is 0. The third-order valence-electron chi connectivity index (χ3n) is 3.86. The molecule has 0 bridgehead atoms. The van der Waals surface area contributed by atoms with E-state index in [0.29, 0.717) is 0 Å². The second-order valence-corrected chi connectivity index (χ2v) is 7.70. The molecule has 0 N–H and O–H groups in total. The fourth-order valence-corrected chi connectivity index (χ4v) is 4.61. The Hall–Kier alpha value is -1.64.